The molecule has 0 amide bonds. The number of furan rings is 2. The molecule has 5 aromatic heterocycles. The normalized spacial score (nSPS) is 12.4. The zero-order valence-corrected chi connectivity index (χ0v) is 31.7. The van der Waals surface area contributed by atoms with Crippen LogP contribution in [-0.2, 0) is 0 Å². The summed E-state index contributed by atoms with van der Waals surface area (Å²) >= 11 is 1.78. The van der Waals surface area contributed by atoms with Crippen LogP contribution < -0.4 is 0 Å². The molecular weight excluding hydrogens is 723 g/mol. The molecule has 0 N–H and O–H groups in total. The number of rotatable bonds is 6. The quantitative estimate of drug-likeness (QED) is 0.156. The van der Waals surface area contributed by atoms with Gasteiger partial charge in [0.25, 0.3) is 0 Å². The van der Waals surface area contributed by atoms with E-state index in [1.807, 2.05) is 111 Å². The van der Waals surface area contributed by atoms with Gasteiger partial charge in [0.15, 0.2) is 28.9 Å². The first-order chi connectivity index (χ1) is 28.1. The second-order valence-electron chi connectivity index (χ2n) is 13.9. The molecule has 0 aliphatic heterocycles. The fourth-order valence-electron chi connectivity index (χ4n) is 7.77. The molecule has 0 saturated carbocycles. The summed E-state index contributed by atoms with van der Waals surface area (Å²) in [4.78, 5) is 25.6. The van der Waals surface area contributed by atoms with Gasteiger partial charge in [0.05, 0.1) is 0 Å². The molecule has 11 rings (SSSR count). The van der Waals surface area contributed by atoms with Crippen molar-refractivity contribution in [1.29, 1.82) is 0 Å². The van der Waals surface area contributed by atoms with Gasteiger partial charge in [-0.2, -0.15) is 0 Å². The number of nitrogens with zero attached hydrogens (tertiary/aromatic N) is 5. The molecule has 0 fully saturated rings. The molecular formula is C49H31N5O2S. The van der Waals surface area contributed by atoms with Crippen LogP contribution in [0, 0.1) is 0 Å². The summed E-state index contributed by atoms with van der Waals surface area (Å²) in [5.74, 6) is 2.36. The Hall–Kier alpha value is -7.29. The number of benzene rings is 6. The molecule has 8 heteroatoms. The summed E-state index contributed by atoms with van der Waals surface area (Å²) in [5, 5.41) is 5.24. The van der Waals surface area contributed by atoms with E-state index in [4.69, 9.17) is 33.8 Å². The molecule has 0 saturated heterocycles. The Morgan fingerprint density at radius 3 is 2.02 bits per heavy atom. The number of fused-ring (bicyclic) bond motifs is 9. The smallest absolute Gasteiger partial charge is 0.180 e. The van der Waals surface area contributed by atoms with Gasteiger partial charge in [0.2, 0.25) is 0 Å². The van der Waals surface area contributed by atoms with Crippen molar-refractivity contribution in [2.75, 3.05) is 0 Å². The maximum Gasteiger partial charge on any atom is 0.180 e. The molecule has 0 spiro atoms. The first-order valence-electron chi connectivity index (χ1n) is 18.8. The van der Waals surface area contributed by atoms with Gasteiger partial charge in [0.1, 0.15) is 28.0 Å². The zero-order chi connectivity index (χ0) is 38.0. The van der Waals surface area contributed by atoms with E-state index < -0.39 is 0 Å². The van der Waals surface area contributed by atoms with Gasteiger partial charge in [-0.05, 0) is 68.0 Å². The lowest BCUT2D eigenvalue weighted by molar-refractivity contribution is 0.664. The largest absolute Gasteiger partial charge is 0.456 e. The highest BCUT2D eigenvalue weighted by Crippen LogP contribution is 2.41. The number of thiophene rings is 1. The minimum absolute atomic E-state index is 0.568. The van der Waals surface area contributed by atoms with Gasteiger partial charge in [-0.1, -0.05) is 103 Å². The van der Waals surface area contributed by atoms with Crippen LogP contribution in [0.25, 0.3) is 115 Å². The Labute approximate surface area is 330 Å². The average Bonchev–Trinajstić information content (AvgIpc) is 3.96. The molecule has 0 unspecified atom stereocenters. The summed E-state index contributed by atoms with van der Waals surface area (Å²) in [5.41, 5.74) is 8.88. The van der Waals surface area contributed by atoms with Crippen LogP contribution in [0.2, 0.25) is 0 Å². The maximum atomic E-state index is 6.49. The van der Waals surface area contributed by atoms with Gasteiger partial charge in [0, 0.05) is 58.6 Å². The summed E-state index contributed by atoms with van der Waals surface area (Å²) in [7, 11) is 0. The van der Waals surface area contributed by atoms with E-state index in [0.29, 0.717) is 28.9 Å². The number of hydrogen-bond donors (Lipinski definition) is 0. The van der Waals surface area contributed by atoms with Crippen LogP contribution in [0.1, 0.15) is 19.5 Å². The summed E-state index contributed by atoms with van der Waals surface area (Å²) in [6, 6.07) is 45.2. The minimum atomic E-state index is 0.568. The SMILES string of the molecule is C/C=C\C(=C/C)c1nc(-c2cccc3oc4ccc(-c5nc(-c6ccccc6)nc(-c6ccc7c(c6)sc6ccccc67)n5)cc4c23)nc2c1oc1ccccc12. The van der Waals surface area contributed by atoms with Crippen LogP contribution in [0.15, 0.2) is 161 Å². The number of para-hydroxylation sites is 1. The molecule has 0 aliphatic carbocycles. The van der Waals surface area contributed by atoms with Gasteiger partial charge in [-0.3, -0.25) is 0 Å². The third-order valence-corrected chi connectivity index (χ3v) is 11.6. The third-order valence-electron chi connectivity index (χ3n) is 10.4. The predicted octanol–water partition coefficient (Wildman–Crippen LogP) is 13.5. The molecule has 0 radical (unpaired) electrons. The minimum Gasteiger partial charge on any atom is -0.456 e. The van der Waals surface area contributed by atoms with Crippen LogP contribution in [0.4, 0.5) is 0 Å². The van der Waals surface area contributed by atoms with Gasteiger partial charge in [-0.15, -0.1) is 11.3 Å². The first kappa shape index (κ1) is 33.1. The predicted molar refractivity (Wildman–Crippen MR) is 233 cm³/mol. The maximum absolute atomic E-state index is 6.49. The monoisotopic (exact) mass is 753 g/mol. The summed E-state index contributed by atoms with van der Waals surface area (Å²) < 4.78 is 15.3. The van der Waals surface area contributed by atoms with Crippen molar-refractivity contribution < 1.29 is 8.83 Å². The van der Waals surface area contributed by atoms with Gasteiger partial charge < -0.3 is 8.83 Å². The van der Waals surface area contributed by atoms with Crippen molar-refractivity contribution in [2.45, 2.75) is 13.8 Å². The topological polar surface area (TPSA) is 90.7 Å². The number of allylic oxidation sites excluding steroid dienone is 4. The Bertz CT molecular complexity index is 3450. The molecule has 270 valence electrons. The first-order valence-corrected chi connectivity index (χ1v) is 19.6. The van der Waals surface area contributed by atoms with Crippen molar-refractivity contribution in [3.05, 3.63) is 157 Å². The lowest BCUT2D eigenvalue weighted by atomic mass is 10.0. The highest BCUT2D eigenvalue weighted by Gasteiger charge is 2.22. The second kappa shape index (κ2) is 13.2. The Morgan fingerprint density at radius 2 is 1.19 bits per heavy atom. The van der Waals surface area contributed by atoms with Gasteiger partial charge in [-0.25, -0.2) is 24.9 Å². The van der Waals surface area contributed by atoms with Crippen molar-refractivity contribution >= 4 is 81.1 Å². The molecule has 5 heterocycles. The number of hydrogen-bond acceptors (Lipinski definition) is 8. The molecule has 0 atom stereocenters. The fourth-order valence-corrected chi connectivity index (χ4v) is 8.91. The van der Waals surface area contributed by atoms with Crippen LogP contribution >= 0.6 is 11.3 Å². The molecule has 0 bridgehead atoms. The van der Waals surface area contributed by atoms with Crippen molar-refractivity contribution in [1.82, 2.24) is 24.9 Å². The Kier molecular flexibility index (Phi) is 7.65. The van der Waals surface area contributed by atoms with Gasteiger partial charge >= 0.3 is 0 Å². The van der Waals surface area contributed by atoms with E-state index in [1.165, 1.54) is 20.2 Å². The molecule has 7 nitrogen and oxygen atoms in total. The van der Waals surface area contributed by atoms with Crippen molar-refractivity contribution in [2.24, 2.45) is 0 Å². The van der Waals surface area contributed by atoms with Crippen LogP contribution in [-0.4, -0.2) is 24.9 Å². The van der Waals surface area contributed by atoms with E-state index in [9.17, 15) is 0 Å². The molecule has 6 aromatic carbocycles. The molecule has 0 aliphatic rings. The summed E-state index contributed by atoms with van der Waals surface area (Å²) in [6.07, 6.45) is 6.10. The lowest BCUT2D eigenvalue weighted by Gasteiger charge is -2.09. The van der Waals surface area contributed by atoms with E-state index >= 15 is 0 Å². The molecule has 57 heavy (non-hydrogen) atoms. The fraction of sp³-hybridized carbons (Fsp3) is 0.0408. The highest BCUT2D eigenvalue weighted by atomic mass is 32.1. The molecule has 11 aromatic rings. The number of aromatic nitrogens is 5. The Balaban J connectivity index is 1.11. The van der Waals surface area contributed by atoms with E-state index in [0.717, 1.165) is 71.9 Å². The summed E-state index contributed by atoms with van der Waals surface area (Å²) in [6.45, 7) is 4.01. The Morgan fingerprint density at radius 1 is 0.509 bits per heavy atom. The second-order valence-corrected chi connectivity index (χ2v) is 15.0. The van der Waals surface area contributed by atoms with E-state index in [-0.39, 0.29) is 0 Å². The third kappa shape index (κ3) is 5.44. The van der Waals surface area contributed by atoms with Crippen LogP contribution in [0.5, 0.6) is 0 Å². The zero-order valence-electron chi connectivity index (χ0n) is 30.9. The standard InChI is InChI=1S/C49H31N5O2S/c1-3-13-28(4-2)43-45-44(34-17-8-10-19-37(34)56-45)51-49(50-43)35-18-12-20-39-42(35)36-26-30(23-25-38(36)55-39)47-52-46(29-14-6-5-7-15-29)53-48(54-47)31-22-24-33-32-16-9-11-21-40(32)57-41(33)27-31/h3-27H,1-2H3/b13-3-,28-4+. The van der Waals surface area contributed by atoms with Crippen molar-refractivity contribution in [3.8, 4) is 45.6 Å². The lowest BCUT2D eigenvalue weighted by Crippen LogP contribution is -2.00. The highest BCUT2D eigenvalue weighted by molar-refractivity contribution is 7.25. The van der Waals surface area contributed by atoms with Crippen molar-refractivity contribution in [3.63, 3.8) is 0 Å². The average molecular weight is 754 g/mol. The van der Waals surface area contributed by atoms with Crippen LogP contribution in [0.3, 0.4) is 0 Å². The van der Waals surface area contributed by atoms with E-state index in [1.54, 1.807) is 11.3 Å². The van der Waals surface area contributed by atoms with E-state index in [2.05, 4.69) is 54.6 Å².